The van der Waals surface area contributed by atoms with Gasteiger partial charge in [0.05, 0.1) is 11.0 Å². The maximum atomic E-state index is 13.0. The number of hydrogen-bond donors (Lipinski definition) is 3. The number of nitrogens with one attached hydrogen (secondary N) is 2. The molecule has 6 nitrogen and oxygen atoms in total. The molecule has 0 saturated carbocycles. The summed E-state index contributed by atoms with van der Waals surface area (Å²) in [5, 5.41) is 7.68. The zero-order valence-corrected chi connectivity index (χ0v) is 20.8. The maximum absolute atomic E-state index is 13.0. The van der Waals surface area contributed by atoms with Crippen molar-refractivity contribution in [1.29, 1.82) is 5.41 Å². The Kier molecular flexibility index (Phi) is 7.17. The van der Waals surface area contributed by atoms with E-state index in [-0.39, 0.29) is 11.4 Å². The number of nitrogens with two attached hydrogens (primary N) is 1. The fourth-order valence-electron chi connectivity index (χ4n) is 5.70. The minimum atomic E-state index is -0.218. The molecule has 0 spiro atoms. The van der Waals surface area contributed by atoms with Crippen LogP contribution in [0.25, 0.3) is 22.3 Å². The second kappa shape index (κ2) is 10.1. The van der Waals surface area contributed by atoms with Gasteiger partial charge in [-0.3, -0.25) is 15.1 Å². The van der Waals surface area contributed by atoms with E-state index in [9.17, 15) is 4.79 Å². The van der Waals surface area contributed by atoms with Crippen LogP contribution in [0.1, 0.15) is 69.6 Å². The first-order valence-corrected chi connectivity index (χ1v) is 12.5. The first-order valence-electron chi connectivity index (χ1n) is 12.5. The van der Waals surface area contributed by atoms with Crippen molar-refractivity contribution in [3.05, 3.63) is 63.4 Å². The van der Waals surface area contributed by atoms with E-state index in [0.29, 0.717) is 34.9 Å². The molecule has 0 aliphatic carbocycles. The standard InChI is InChI=1S/C28H37N5O/c1-17-14-15-24-26(23(17)13-6-10-20(4)33-18(2)8-5-9-19(33)3)32-28(34)25(31-24)21-11-7-12-22(16-21)27(29)30/h7,11-12,14-16,18-20H,5-6,8-10,13H2,1-4H3,(H3,29,30)(H,32,34). The van der Waals surface area contributed by atoms with Crippen molar-refractivity contribution in [1.82, 2.24) is 14.9 Å². The van der Waals surface area contributed by atoms with Crippen molar-refractivity contribution in [2.45, 2.75) is 84.3 Å². The highest BCUT2D eigenvalue weighted by Gasteiger charge is 2.28. The number of nitrogen functional groups attached to an aromatic ring is 1. The Bertz CT molecular complexity index is 1240. The van der Waals surface area contributed by atoms with E-state index in [4.69, 9.17) is 16.1 Å². The molecule has 0 radical (unpaired) electrons. The fraction of sp³-hybridized carbons (Fsp3) is 0.464. The van der Waals surface area contributed by atoms with Crippen molar-refractivity contribution in [3.8, 4) is 11.3 Å². The SMILES string of the molecule is Cc1ccc2nc(-c3cccc(C(=N)N)c3)c(=O)[nH]c2c1CCCC(C)N1C(C)CCCC1C. The molecule has 3 atom stereocenters. The molecule has 6 heteroatoms. The normalized spacial score (nSPS) is 19.9. The number of amidine groups is 1. The van der Waals surface area contributed by atoms with Crippen molar-refractivity contribution in [2.75, 3.05) is 0 Å². The topological polar surface area (TPSA) is 98.9 Å². The summed E-state index contributed by atoms with van der Waals surface area (Å²) < 4.78 is 0. The molecule has 1 aliphatic heterocycles. The van der Waals surface area contributed by atoms with Crippen LogP contribution in [0, 0.1) is 12.3 Å². The Morgan fingerprint density at radius 1 is 1.24 bits per heavy atom. The van der Waals surface area contributed by atoms with Gasteiger partial charge < -0.3 is 10.7 Å². The van der Waals surface area contributed by atoms with Crippen LogP contribution in [0.4, 0.5) is 0 Å². The largest absolute Gasteiger partial charge is 0.384 e. The van der Waals surface area contributed by atoms with E-state index in [1.807, 2.05) is 12.1 Å². The third kappa shape index (κ3) is 4.92. The van der Waals surface area contributed by atoms with Crippen LogP contribution in [-0.4, -0.2) is 38.8 Å². The van der Waals surface area contributed by atoms with E-state index in [0.717, 1.165) is 30.3 Å². The number of nitrogens with zero attached hydrogens (tertiary/aromatic N) is 2. The highest BCUT2D eigenvalue weighted by molar-refractivity contribution is 5.96. The molecule has 3 aromatic rings. The van der Waals surface area contributed by atoms with Gasteiger partial charge in [0, 0.05) is 29.3 Å². The maximum Gasteiger partial charge on any atom is 0.274 e. The number of aromatic amines is 1. The van der Waals surface area contributed by atoms with Crippen molar-refractivity contribution in [3.63, 3.8) is 0 Å². The molecule has 4 N–H and O–H groups in total. The fourth-order valence-corrected chi connectivity index (χ4v) is 5.70. The molecule has 1 aromatic heterocycles. The second-order valence-corrected chi connectivity index (χ2v) is 9.98. The molecule has 1 aliphatic rings. The predicted molar refractivity (Wildman–Crippen MR) is 141 cm³/mol. The molecular formula is C28H37N5O. The number of rotatable bonds is 7. The highest BCUT2D eigenvalue weighted by Crippen LogP contribution is 2.28. The van der Waals surface area contributed by atoms with Crippen LogP contribution in [0.5, 0.6) is 0 Å². The number of hydrogen-bond acceptors (Lipinski definition) is 4. The van der Waals surface area contributed by atoms with E-state index >= 15 is 0 Å². The molecule has 0 bridgehead atoms. The van der Waals surface area contributed by atoms with E-state index in [1.54, 1.807) is 18.2 Å². The first-order chi connectivity index (χ1) is 16.3. The number of aryl methyl sites for hydroxylation is 2. The average molecular weight is 460 g/mol. The van der Waals surface area contributed by atoms with Crippen LogP contribution in [0.3, 0.4) is 0 Å². The number of fused-ring (bicyclic) bond motifs is 1. The van der Waals surface area contributed by atoms with Crippen LogP contribution < -0.4 is 11.3 Å². The third-order valence-electron chi connectivity index (χ3n) is 7.48. The van der Waals surface area contributed by atoms with Gasteiger partial charge in [0.2, 0.25) is 0 Å². The molecule has 1 saturated heterocycles. The van der Waals surface area contributed by atoms with Crippen LogP contribution >= 0.6 is 0 Å². The minimum Gasteiger partial charge on any atom is -0.384 e. The summed E-state index contributed by atoms with van der Waals surface area (Å²) in [6.07, 6.45) is 7.05. The van der Waals surface area contributed by atoms with E-state index in [2.05, 4.69) is 43.6 Å². The molecule has 0 amide bonds. The smallest absolute Gasteiger partial charge is 0.274 e. The van der Waals surface area contributed by atoms with Gasteiger partial charge in [-0.05, 0) is 83.1 Å². The van der Waals surface area contributed by atoms with Crippen LogP contribution in [0.2, 0.25) is 0 Å². The lowest BCUT2D eigenvalue weighted by molar-refractivity contribution is 0.0580. The summed E-state index contributed by atoms with van der Waals surface area (Å²) in [4.78, 5) is 23.6. The third-order valence-corrected chi connectivity index (χ3v) is 7.48. The average Bonchev–Trinajstić information content (AvgIpc) is 2.80. The Hall–Kier alpha value is -2.99. The van der Waals surface area contributed by atoms with Crippen molar-refractivity contribution < 1.29 is 0 Å². The molecule has 34 heavy (non-hydrogen) atoms. The summed E-state index contributed by atoms with van der Waals surface area (Å²) in [6.45, 7) is 9.19. The van der Waals surface area contributed by atoms with Gasteiger partial charge in [0.15, 0.2) is 0 Å². The first kappa shape index (κ1) is 24.1. The second-order valence-electron chi connectivity index (χ2n) is 9.98. The Labute approximate surface area is 202 Å². The van der Waals surface area contributed by atoms with Gasteiger partial charge in [-0.1, -0.05) is 30.7 Å². The highest BCUT2D eigenvalue weighted by atomic mass is 16.1. The molecule has 4 rings (SSSR count). The lowest BCUT2D eigenvalue weighted by atomic mass is 9.93. The molecule has 180 valence electrons. The number of likely N-dealkylation sites (tertiary alicyclic amines) is 1. The molecule has 2 heterocycles. The summed E-state index contributed by atoms with van der Waals surface area (Å²) >= 11 is 0. The van der Waals surface area contributed by atoms with Gasteiger partial charge in [-0.2, -0.15) is 0 Å². The van der Waals surface area contributed by atoms with E-state index in [1.165, 1.54) is 30.4 Å². The van der Waals surface area contributed by atoms with E-state index < -0.39 is 0 Å². The lowest BCUT2D eigenvalue weighted by Crippen LogP contribution is -2.48. The number of benzene rings is 2. The molecule has 1 fully saturated rings. The minimum absolute atomic E-state index is 0.0282. The number of piperidine rings is 1. The zero-order chi connectivity index (χ0) is 24.4. The monoisotopic (exact) mass is 459 g/mol. The van der Waals surface area contributed by atoms with Crippen molar-refractivity contribution in [2.24, 2.45) is 5.73 Å². The van der Waals surface area contributed by atoms with Crippen LogP contribution in [-0.2, 0) is 6.42 Å². The Morgan fingerprint density at radius 2 is 1.97 bits per heavy atom. The Morgan fingerprint density at radius 3 is 2.68 bits per heavy atom. The van der Waals surface area contributed by atoms with Crippen molar-refractivity contribution >= 4 is 16.9 Å². The zero-order valence-electron chi connectivity index (χ0n) is 20.8. The molecular weight excluding hydrogens is 422 g/mol. The summed E-state index contributed by atoms with van der Waals surface area (Å²) in [7, 11) is 0. The summed E-state index contributed by atoms with van der Waals surface area (Å²) in [5.74, 6) is -0.0282. The Balaban J connectivity index is 1.57. The van der Waals surface area contributed by atoms with Gasteiger partial charge in [-0.15, -0.1) is 0 Å². The molecule has 2 aromatic carbocycles. The molecule has 3 unspecified atom stereocenters. The van der Waals surface area contributed by atoms with Gasteiger partial charge in [0.1, 0.15) is 11.5 Å². The number of aromatic nitrogens is 2. The van der Waals surface area contributed by atoms with Gasteiger partial charge in [-0.25, -0.2) is 4.98 Å². The summed E-state index contributed by atoms with van der Waals surface area (Å²) in [5.41, 5.74) is 11.0. The van der Waals surface area contributed by atoms with Crippen LogP contribution in [0.15, 0.2) is 41.2 Å². The predicted octanol–water partition coefficient (Wildman–Crippen LogP) is 5.16. The summed E-state index contributed by atoms with van der Waals surface area (Å²) in [6, 6.07) is 13.0. The number of H-pyrrole nitrogens is 1. The lowest BCUT2D eigenvalue weighted by Gasteiger charge is -2.43. The quantitative estimate of drug-likeness (QED) is 0.336. The van der Waals surface area contributed by atoms with Gasteiger partial charge >= 0.3 is 0 Å². The van der Waals surface area contributed by atoms with Gasteiger partial charge in [0.25, 0.3) is 5.56 Å².